The molecule has 1 N–H and O–H groups in total. The number of hydrogen-bond donors (Lipinski definition) is 1. The minimum Gasteiger partial charge on any atom is -0.350 e. The van der Waals surface area contributed by atoms with Gasteiger partial charge in [0.1, 0.15) is 0 Å². The lowest BCUT2D eigenvalue weighted by molar-refractivity contribution is -0.122. The molecule has 1 aromatic carbocycles. The molecule has 1 fully saturated rings. The molecule has 2 heterocycles. The fourth-order valence-corrected chi connectivity index (χ4v) is 3.60. The Morgan fingerprint density at radius 3 is 2.85 bits per heavy atom. The molecular weight excluding hydrogens is 418 g/mol. The van der Waals surface area contributed by atoms with Crippen molar-refractivity contribution >= 4 is 50.8 Å². The average Bonchev–Trinajstić information content (AvgIpc) is 2.89. The van der Waals surface area contributed by atoms with Crippen molar-refractivity contribution in [3.05, 3.63) is 69.3 Å². The number of amides is 3. The number of pyridine rings is 1. The Labute approximate surface area is 162 Å². The van der Waals surface area contributed by atoms with E-state index in [4.69, 9.17) is 0 Å². The summed E-state index contributed by atoms with van der Waals surface area (Å²) in [5.41, 5.74) is 1.26. The topological polar surface area (TPSA) is 79.4 Å². The second-order valence-electron chi connectivity index (χ2n) is 5.39. The molecule has 1 aromatic heterocycles. The lowest BCUT2D eigenvalue weighted by Gasteiger charge is -2.12. The number of hydrogen-bond acceptors (Lipinski definition) is 5. The Morgan fingerprint density at radius 2 is 2.12 bits per heavy atom. The Balaban J connectivity index is 1.60. The number of benzene rings is 1. The summed E-state index contributed by atoms with van der Waals surface area (Å²) in [7, 11) is 0. The summed E-state index contributed by atoms with van der Waals surface area (Å²) in [6, 6.07) is 10.8. The Bertz CT molecular complexity index is 886. The molecule has 6 nitrogen and oxygen atoms in total. The first-order chi connectivity index (χ1) is 12.5. The van der Waals surface area contributed by atoms with Gasteiger partial charge in [-0.15, -0.1) is 0 Å². The van der Waals surface area contributed by atoms with Crippen LogP contribution in [0.3, 0.4) is 0 Å². The van der Waals surface area contributed by atoms with Crippen molar-refractivity contribution in [1.82, 2.24) is 15.2 Å². The molecule has 2 aromatic rings. The molecule has 0 saturated carbocycles. The zero-order valence-electron chi connectivity index (χ0n) is 13.5. The first-order valence-corrected chi connectivity index (χ1v) is 9.35. The molecule has 3 amide bonds. The van der Waals surface area contributed by atoms with Crippen molar-refractivity contribution in [3.63, 3.8) is 0 Å². The van der Waals surface area contributed by atoms with Crippen molar-refractivity contribution in [3.8, 4) is 0 Å². The first kappa shape index (κ1) is 18.3. The zero-order chi connectivity index (χ0) is 18.5. The molecule has 0 atom stereocenters. The predicted octanol–water partition coefficient (Wildman–Crippen LogP) is 3.31. The molecule has 0 radical (unpaired) electrons. The number of rotatable bonds is 5. The number of halogens is 1. The van der Waals surface area contributed by atoms with Crippen molar-refractivity contribution in [2.75, 3.05) is 13.1 Å². The second-order valence-corrected chi connectivity index (χ2v) is 7.29. The quantitative estimate of drug-likeness (QED) is 0.734. The van der Waals surface area contributed by atoms with Crippen LogP contribution in [-0.2, 0) is 4.79 Å². The zero-order valence-corrected chi connectivity index (χ0v) is 15.9. The van der Waals surface area contributed by atoms with Crippen molar-refractivity contribution in [2.24, 2.45) is 0 Å². The second kappa shape index (κ2) is 8.29. The summed E-state index contributed by atoms with van der Waals surface area (Å²) in [6.07, 6.45) is 4.72. The van der Waals surface area contributed by atoms with E-state index in [2.05, 4.69) is 26.2 Å². The third-order valence-electron chi connectivity index (χ3n) is 3.56. The number of aromatic nitrogens is 1. The lowest BCUT2D eigenvalue weighted by atomic mass is 10.2. The highest BCUT2D eigenvalue weighted by molar-refractivity contribution is 9.10. The minimum atomic E-state index is -0.351. The van der Waals surface area contributed by atoms with Gasteiger partial charge < -0.3 is 5.32 Å². The van der Waals surface area contributed by atoms with Gasteiger partial charge in [-0.1, -0.05) is 28.1 Å². The highest BCUT2D eigenvalue weighted by Crippen LogP contribution is 2.32. The van der Waals surface area contributed by atoms with E-state index in [1.165, 1.54) is 6.20 Å². The average molecular weight is 432 g/mol. The minimum absolute atomic E-state index is 0.118. The summed E-state index contributed by atoms with van der Waals surface area (Å²) in [4.78, 5) is 41.9. The Morgan fingerprint density at radius 1 is 1.27 bits per heavy atom. The molecule has 26 heavy (non-hydrogen) atoms. The molecule has 1 saturated heterocycles. The molecule has 132 valence electrons. The van der Waals surface area contributed by atoms with E-state index in [0.717, 1.165) is 26.7 Å². The van der Waals surface area contributed by atoms with Crippen LogP contribution < -0.4 is 5.32 Å². The van der Waals surface area contributed by atoms with E-state index in [1.807, 2.05) is 24.3 Å². The fraction of sp³-hybridized carbons (Fsp3) is 0.111. The SMILES string of the molecule is O=C(NCCN1C(=O)SC(=Cc2cccc(Br)c2)C1=O)c1cccnc1. The molecule has 8 heteroatoms. The van der Waals surface area contributed by atoms with Crippen molar-refractivity contribution in [1.29, 1.82) is 0 Å². The highest BCUT2D eigenvalue weighted by Gasteiger charge is 2.34. The summed E-state index contributed by atoms with van der Waals surface area (Å²) in [6.45, 7) is 0.294. The number of nitrogens with zero attached hydrogens (tertiary/aromatic N) is 2. The lowest BCUT2D eigenvalue weighted by Crippen LogP contribution is -2.37. The van der Waals surface area contributed by atoms with Gasteiger partial charge in [0.05, 0.1) is 10.5 Å². The van der Waals surface area contributed by atoms with E-state index in [1.54, 1.807) is 24.4 Å². The van der Waals surface area contributed by atoms with Crippen LogP contribution in [0.4, 0.5) is 4.79 Å². The van der Waals surface area contributed by atoms with E-state index < -0.39 is 0 Å². The van der Waals surface area contributed by atoms with Crippen LogP contribution in [0.1, 0.15) is 15.9 Å². The number of carbonyl (C=O) groups excluding carboxylic acids is 3. The van der Waals surface area contributed by atoms with Crippen LogP contribution in [0, 0.1) is 0 Å². The van der Waals surface area contributed by atoms with Gasteiger partial charge >= 0.3 is 0 Å². The summed E-state index contributed by atoms with van der Waals surface area (Å²) in [5, 5.41) is 2.34. The maximum absolute atomic E-state index is 12.4. The van der Waals surface area contributed by atoms with Gasteiger partial charge in [-0.3, -0.25) is 24.3 Å². The molecule has 0 unspecified atom stereocenters. The van der Waals surface area contributed by atoms with Crippen LogP contribution in [0.5, 0.6) is 0 Å². The Hall–Kier alpha value is -2.45. The molecule has 0 aliphatic carbocycles. The number of nitrogens with one attached hydrogen (secondary N) is 1. The van der Waals surface area contributed by atoms with Crippen LogP contribution in [-0.4, -0.2) is 40.0 Å². The molecular formula is C18H14BrN3O3S. The first-order valence-electron chi connectivity index (χ1n) is 7.74. The third kappa shape index (κ3) is 4.39. The van der Waals surface area contributed by atoms with Gasteiger partial charge in [-0.05, 0) is 47.7 Å². The normalized spacial score (nSPS) is 15.6. The Kier molecular flexibility index (Phi) is 5.85. The van der Waals surface area contributed by atoms with E-state index in [0.29, 0.717) is 10.5 Å². The summed E-state index contributed by atoms with van der Waals surface area (Å²) >= 11 is 4.27. The van der Waals surface area contributed by atoms with Crippen molar-refractivity contribution < 1.29 is 14.4 Å². The van der Waals surface area contributed by atoms with E-state index in [-0.39, 0.29) is 30.1 Å². The number of carbonyl (C=O) groups is 3. The van der Waals surface area contributed by atoms with Crippen LogP contribution in [0.15, 0.2) is 58.2 Å². The van der Waals surface area contributed by atoms with Gasteiger partial charge in [0.15, 0.2) is 0 Å². The smallest absolute Gasteiger partial charge is 0.293 e. The fourth-order valence-electron chi connectivity index (χ4n) is 2.32. The van der Waals surface area contributed by atoms with Crippen LogP contribution in [0.25, 0.3) is 6.08 Å². The summed E-state index contributed by atoms with van der Waals surface area (Å²) < 4.78 is 0.892. The number of thioether (sulfide) groups is 1. The van der Waals surface area contributed by atoms with Gasteiger partial charge in [0.2, 0.25) is 0 Å². The maximum atomic E-state index is 12.4. The van der Waals surface area contributed by atoms with Gasteiger partial charge in [0.25, 0.3) is 17.1 Å². The van der Waals surface area contributed by atoms with E-state index >= 15 is 0 Å². The van der Waals surface area contributed by atoms with Gasteiger partial charge in [-0.2, -0.15) is 0 Å². The van der Waals surface area contributed by atoms with Crippen LogP contribution >= 0.6 is 27.7 Å². The van der Waals surface area contributed by atoms with Crippen molar-refractivity contribution in [2.45, 2.75) is 0 Å². The molecule has 1 aliphatic rings. The van der Waals surface area contributed by atoms with E-state index in [9.17, 15) is 14.4 Å². The van der Waals surface area contributed by atoms with Crippen LogP contribution in [0.2, 0.25) is 0 Å². The predicted molar refractivity (Wildman–Crippen MR) is 103 cm³/mol. The summed E-state index contributed by atoms with van der Waals surface area (Å²) in [5.74, 6) is -0.648. The number of imide groups is 1. The molecule has 0 bridgehead atoms. The molecule has 1 aliphatic heterocycles. The van der Waals surface area contributed by atoms with Gasteiger partial charge in [0, 0.05) is 30.0 Å². The molecule has 0 spiro atoms. The monoisotopic (exact) mass is 431 g/mol. The molecule has 3 rings (SSSR count). The maximum Gasteiger partial charge on any atom is 0.293 e. The largest absolute Gasteiger partial charge is 0.350 e. The standard InChI is InChI=1S/C18H14BrN3O3S/c19-14-5-1-3-12(9-14)10-15-17(24)22(18(25)26-15)8-7-21-16(23)13-4-2-6-20-11-13/h1-6,9-11H,7-8H2,(H,21,23). The highest BCUT2D eigenvalue weighted by atomic mass is 79.9. The third-order valence-corrected chi connectivity index (χ3v) is 4.97. The van der Waals surface area contributed by atoms with Gasteiger partial charge in [-0.25, -0.2) is 0 Å².